The number of carbonyl (C=O) groups excluding carboxylic acids is 2. The van der Waals surface area contributed by atoms with Crippen LogP contribution >= 0.6 is 0 Å². The van der Waals surface area contributed by atoms with Crippen LogP contribution in [0.1, 0.15) is 181 Å². The van der Waals surface area contributed by atoms with Gasteiger partial charge in [-0.05, 0) is 77.0 Å². The average molecular weight is 697 g/mol. The van der Waals surface area contributed by atoms with Gasteiger partial charge in [0.05, 0.1) is 6.61 Å². The molecule has 0 amide bonds. The number of unbranched alkanes of at least 4 members (excludes halogenated alkanes) is 16. The fourth-order valence-electron chi connectivity index (χ4n) is 5.35. The normalized spacial score (nSPS) is 12.9. The number of esters is 2. The van der Waals surface area contributed by atoms with Gasteiger partial charge in [-0.3, -0.25) is 9.59 Å². The van der Waals surface area contributed by atoms with Crippen LogP contribution in [0.3, 0.4) is 0 Å². The number of carbonyl (C=O) groups is 2. The number of aliphatic hydroxyl groups excluding tert-OH is 1. The molecule has 0 rings (SSSR count). The highest BCUT2D eigenvalue weighted by Crippen LogP contribution is 2.12. The molecule has 0 unspecified atom stereocenters. The Labute approximate surface area is 308 Å². The number of rotatable bonds is 36. The van der Waals surface area contributed by atoms with Gasteiger partial charge in [-0.15, -0.1) is 0 Å². The molecular formula is C45H76O5. The molecule has 0 saturated heterocycles. The molecule has 0 heterocycles. The predicted octanol–water partition coefficient (Wildman–Crippen LogP) is 13.0. The van der Waals surface area contributed by atoms with Crippen LogP contribution in [0.5, 0.6) is 0 Å². The predicted molar refractivity (Wildman–Crippen MR) is 214 cm³/mol. The summed E-state index contributed by atoms with van der Waals surface area (Å²) in [6.07, 6.45) is 54.0. The van der Waals surface area contributed by atoms with Crippen LogP contribution in [-0.2, 0) is 19.1 Å². The molecule has 0 aliphatic heterocycles. The Hall–Kier alpha value is -2.66. The summed E-state index contributed by atoms with van der Waals surface area (Å²) in [4.78, 5) is 24.2. The summed E-state index contributed by atoms with van der Waals surface area (Å²) in [5.41, 5.74) is 0. The van der Waals surface area contributed by atoms with Gasteiger partial charge in [-0.1, -0.05) is 164 Å². The van der Waals surface area contributed by atoms with Crippen LogP contribution in [0.15, 0.2) is 72.9 Å². The maximum atomic E-state index is 12.1. The number of hydrogen-bond acceptors (Lipinski definition) is 5. The quantitative estimate of drug-likeness (QED) is 0.0401. The molecular weight excluding hydrogens is 620 g/mol. The molecule has 0 aliphatic carbocycles. The molecule has 0 bridgehead atoms. The fraction of sp³-hybridized carbons (Fsp3) is 0.689. The van der Waals surface area contributed by atoms with Crippen LogP contribution in [0.25, 0.3) is 0 Å². The van der Waals surface area contributed by atoms with Gasteiger partial charge in [-0.2, -0.15) is 0 Å². The SMILES string of the molecule is CCCCC/C=C\C/C=C\C/C=C\C/C=C\C/C=C\CCC(=O)O[C@@H](CO)COC(=O)CCCCCCCCC/C=C\CCCCCCCC. The van der Waals surface area contributed by atoms with Crippen molar-refractivity contribution < 1.29 is 24.2 Å². The number of allylic oxidation sites excluding steroid dienone is 12. The Bertz CT molecular complexity index is 926. The van der Waals surface area contributed by atoms with Crippen molar-refractivity contribution in [3.05, 3.63) is 72.9 Å². The van der Waals surface area contributed by atoms with E-state index in [0.29, 0.717) is 12.8 Å². The van der Waals surface area contributed by atoms with Gasteiger partial charge in [0.2, 0.25) is 0 Å². The van der Waals surface area contributed by atoms with Crippen molar-refractivity contribution in [2.24, 2.45) is 0 Å². The Morgan fingerprint density at radius 2 is 0.840 bits per heavy atom. The molecule has 0 aromatic rings. The summed E-state index contributed by atoms with van der Waals surface area (Å²) < 4.78 is 10.5. The van der Waals surface area contributed by atoms with E-state index in [1.165, 1.54) is 103 Å². The Morgan fingerprint density at radius 3 is 1.34 bits per heavy atom. The third kappa shape index (κ3) is 38.1. The van der Waals surface area contributed by atoms with E-state index in [2.05, 4.69) is 74.6 Å². The van der Waals surface area contributed by atoms with E-state index in [-0.39, 0.29) is 25.6 Å². The van der Waals surface area contributed by atoms with Crippen LogP contribution in [0, 0.1) is 0 Å². The minimum absolute atomic E-state index is 0.101. The van der Waals surface area contributed by atoms with Gasteiger partial charge in [0.25, 0.3) is 0 Å². The first kappa shape index (κ1) is 47.3. The lowest BCUT2D eigenvalue weighted by molar-refractivity contribution is -0.161. The van der Waals surface area contributed by atoms with Crippen molar-refractivity contribution in [1.82, 2.24) is 0 Å². The topological polar surface area (TPSA) is 72.8 Å². The molecule has 0 aromatic heterocycles. The van der Waals surface area contributed by atoms with Crippen LogP contribution in [-0.4, -0.2) is 36.4 Å². The molecule has 0 aromatic carbocycles. The molecule has 5 nitrogen and oxygen atoms in total. The highest BCUT2D eigenvalue weighted by atomic mass is 16.6. The molecule has 286 valence electrons. The number of ether oxygens (including phenoxy) is 2. The Kier molecular flexibility index (Phi) is 38.6. The fourth-order valence-corrected chi connectivity index (χ4v) is 5.35. The third-order valence-electron chi connectivity index (χ3n) is 8.49. The summed E-state index contributed by atoms with van der Waals surface area (Å²) in [5, 5.41) is 9.55. The van der Waals surface area contributed by atoms with Gasteiger partial charge < -0.3 is 14.6 Å². The molecule has 0 radical (unpaired) electrons. The second-order valence-corrected chi connectivity index (χ2v) is 13.4. The molecule has 0 spiro atoms. The smallest absolute Gasteiger partial charge is 0.306 e. The van der Waals surface area contributed by atoms with E-state index >= 15 is 0 Å². The van der Waals surface area contributed by atoms with E-state index in [1.807, 2.05) is 12.2 Å². The summed E-state index contributed by atoms with van der Waals surface area (Å²) in [7, 11) is 0. The lowest BCUT2D eigenvalue weighted by atomic mass is 10.1. The lowest BCUT2D eigenvalue weighted by Gasteiger charge is -2.15. The standard InChI is InChI=1S/C45H76O5/c1-3-5-7-9-11-13-15-17-19-21-22-24-26-28-30-32-34-36-38-40-45(48)50-43(41-46)42-49-44(47)39-37-35-33-31-29-27-25-23-20-18-16-14-12-10-8-6-4-2/h11,13,17-20,22,24,28,30,34,36,43,46H,3-10,12,14-16,21,23,25-27,29,31-33,35,37-42H2,1-2H3/b13-11-,19-17-,20-18-,24-22-,30-28-,36-34-/t43-/m0/s1. The van der Waals surface area contributed by atoms with E-state index in [0.717, 1.165) is 44.9 Å². The van der Waals surface area contributed by atoms with Crippen LogP contribution < -0.4 is 0 Å². The average Bonchev–Trinajstić information content (AvgIpc) is 3.12. The zero-order valence-electron chi connectivity index (χ0n) is 32.4. The Balaban J connectivity index is 3.70. The van der Waals surface area contributed by atoms with Gasteiger partial charge in [0.15, 0.2) is 6.10 Å². The summed E-state index contributed by atoms with van der Waals surface area (Å²) >= 11 is 0. The summed E-state index contributed by atoms with van der Waals surface area (Å²) in [5.74, 6) is -0.696. The second-order valence-electron chi connectivity index (χ2n) is 13.4. The summed E-state index contributed by atoms with van der Waals surface area (Å²) in [6.45, 7) is 4.03. The van der Waals surface area contributed by atoms with E-state index in [9.17, 15) is 14.7 Å². The third-order valence-corrected chi connectivity index (χ3v) is 8.49. The first-order chi connectivity index (χ1) is 24.6. The van der Waals surface area contributed by atoms with Crippen molar-refractivity contribution >= 4 is 11.9 Å². The number of hydrogen-bond donors (Lipinski definition) is 1. The van der Waals surface area contributed by atoms with Crippen molar-refractivity contribution in [1.29, 1.82) is 0 Å². The minimum atomic E-state index is -0.815. The van der Waals surface area contributed by atoms with Gasteiger partial charge in [-0.25, -0.2) is 0 Å². The molecule has 0 fully saturated rings. The molecule has 5 heteroatoms. The highest BCUT2D eigenvalue weighted by Gasteiger charge is 2.15. The van der Waals surface area contributed by atoms with Crippen LogP contribution in [0.2, 0.25) is 0 Å². The van der Waals surface area contributed by atoms with Crippen molar-refractivity contribution in [2.45, 2.75) is 187 Å². The number of aliphatic hydroxyl groups is 1. The monoisotopic (exact) mass is 697 g/mol. The lowest BCUT2D eigenvalue weighted by Crippen LogP contribution is -2.28. The maximum Gasteiger partial charge on any atom is 0.306 e. The zero-order chi connectivity index (χ0) is 36.4. The molecule has 1 atom stereocenters. The maximum absolute atomic E-state index is 12.1. The molecule has 0 saturated carbocycles. The van der Waals surface area contributed by atoms with Crippen molar-refractivity contribution in [3.8, 4) is 0 Å². The van der Waals surface area contributed by atoms with Crippen LogP contribution in [0.4, 0.5) is 0 Å². The van der Waals surface area contributed by atoms with Gasteiger partial charge in [0, 0.05) is 12.8 Å². The highest BCUT2D eigenvalue weighted by molar-refractivity contribution is 5.70. The van der Waals surface area contributed by atoms with Gasteiger partial charge in [0.1, 0.15) is 6.61 Å². The van der Waals surface area contributed by atoms with Crippen molar-refractivity contribution in [2.75, 3.05) is 13.2 Å². The zero-order valence-corrected chi connectivity index (χ0v) is 32.4. The van der Waals surface area contributed by atoms with Crippen molar-refractivity contribution in [3.63, 3.8) is 0 Å². The van der Waals surface area contributed by atoms with E-state index < -0.39 is 12.1 Å². The minimum Gasteiger partial charge on any atom is -0.462 e. The summed E-state index contributed by atoms with van der Waals surface area (Å²) in [6, 6.07) is 0. The molecule has 0 aliphatic rings. The first-order valence-corrected chi connectivity index (χ1v) is 20.5. The van der Waals surface area contributed by atoms with E-state index in [1.54, 1.807) is 0 Å². The first-order valence-electron chi connectivity index (χ1n) is 20.5. The van der Waals surface area contributed by atoms with E-state index in [4.69, 9.17) is 9.47 Å². The largest absolute Gasteiger partial charge is 0.462 e. The van der Waals surface area contributed by atoms with Gasteiger partial charge >= 0.3 is 11.9 Å². The Morgan fingerprint density at radius 1 is 0.460 bits per heavy atom. The second kappa shape index (κ2) is 40.8. The molecule has 50 heavy (non-hydrogen) atoms. The molecule has 1 N–H and O–H groups in total.